The molecule has 0 unspecified atom stereocenters. The average molecular weight is 211 g/mol. The lowest BCUT2D eigenvalue weighted by atomic mass is 9.95. The van der Waals surface area contributed by atoms with Gasteiger partial charge < -0.3 is 5.73 Å². The van der Waals surface area contributed by atoms with Crippen molar-refractivity contribution in [2.45, 2.75) is 25.7 Å². The van der Waals surface area contributed by atoms with E-state index in [1.54, 1.807) is 6.07 Å². The Morgan fingerprint density at radius 3 is 2.86 bits per heavy atom. The van der Waals surface area contributed by atoms with Crippen LogP contribution in [0.15, 0.2) is 6.07 Å². The molecule has 1 aliphatic rings. The summed E-state index contributed by atoms with van der Waals surface area (Å²) in [5, 5.41) is 0.234. The van der Waals surface area contributed by atoms with E-state index in [4.69, 9.17) is 17.3 Å². The topological polar surface area (TPSA) is 56.0 Å². The number of aromatic nitrogens is 1. The number of nitrogens with zero attached hydrogens (tertiary/aromatic N) is 1. The fourth-order valence-corrected chi connectivity index (χ4v) is 2.03. The summed E-state index contributed by atoms with van der Waals surface area (Å²) in [6, 6.07) is 1.78. The highest BCUT2D eigenvalue weighted by Crippen LogP contribution is 2.24. The third-order valence-electron chi connectivity index (χ3n) is 2.52. The highest BCUT2D eigenvalue weighted by molar-refractivity contribution is 6.32. The maximum atomic E-state index is 11.0. The highest BCUT2D eigenvalue weighted by atomic mass is 35.5. The molecule has 2 rings (SSSR count). The molecule has 0 bridgehead atoms. The molecule has 0 aromatic carbocycles. The fraction of sp³-hybridized carbons (Fsp3) is 0.400. The van der Waals surface area contributed by atoms with E-state index in [0.29, 0.717) is 5.56 Å². The fourth-order valence-electron chi connectivity index (χ4n) is 1.78. The normalized spacial score (nSPS) is 14.9. The van der Waals surface area contributed by atoms with Crippen molar-refractivity contribution in [2.24, 2.45) is 5.73 Å². The van der Waals surface area contributed by atoms with Crippen LogP contribution < -0.4 is 5.73 Å². The Balaban J connectivity index is 2.50. The molecular formula is C10H11ClN2O. The molecule has 14 heavy (non-hydrogen) atoms. The van der Waals surface area contributed by atoms with Gasteiger partial charge in [0.15, 0.2) is 0 Å². The quantitative estimate of drug-likeness (QED) is 0.718. The van der Waals surface area contributed by atoms with Crippen LogP contribution in [0.2, 0.25) is 5.15 Å². The number of fused-ring (bicyclic) bond motifs is 1. The minimum absolute atomic E-state index is 0.234. The number of carbonyl (C=O) groups excluding carboxylic acids is 1. The molecule has 0 spiro atoms. The molecule has 1 aromatic rings. The van der Waals surface area contributed by atoms with Crippen molar-refractivity contribution in [3.05, 3.63) is 28.0 Å². The van der Waals surface area contributed by atoms with Crippen LogP contribution in [0.1, 0.15) is 34.5 Å². The number of hydrogen-bond acceptors (Lipinski definition) is 2. The Morgan fingerprint density at radius 1 is 1.43 bits per heavy atom. The molecule has 1 amide bonds. The zero-order valence-corrected chi connectivity index (χ0v) is 8.47. The first-order chi connectivity index (χ1) is 6.68. The van der Waals surface area contributed by atoms with Gasteiger partial charge >= 0.3 is 0 Å². The van der Waals surface area contributed by atoms with Crippen LogP contribution in [0.4, 0.5) is 0 Å². The summed E-state index contributed by atoms with van der Waals surface area (Å²) in [5.74, 6) is -0.504. The van der Waals surface area contributed by atoms with Gasteiger partial charge in [-0.1, -0.05) is 11.6 Å². The molecule has 0 saturated heterocycles. The first kappa shape index (κ1) is 9.46. The summed E-state index contributed by atoms with van der Waals surface area (Å²) >= 11 is 5.84. The smallest absolute Gasteiger partial charge is 0.251 e. The maximum Gasteiger partial charge on any atom is 0.251 e. The predicted molar refractivity (Wildman–Crippen MR) is 54.4 cm³/mol. The molecule has 0 saturated carbocycles. The number of rotatable bonds is 1. The predicted octanol–water partition coefficient (Wildman–Crippen LogP) is 1.71. The lowest BCUT2D eigenvalue weighted by molar-refractivity contribution is 0.1000. The molecule has 1 aromatic heterocycles. The van der Waals surface area contributed by atoms with E-state index in [9.17, 15) is 4.79 Å². The molecule has 1 aliphatic carbocycles. The van der Waals surface area contributed by atoms with Crippen LogP contribution in [0.25, 0.3) is 0 Å². The van der Waals surface area contributed by atoms with Crippen LogP contribution in [0.5, 0.6) is 0 Å². The van der Waals surface area contributed by atoms with E-state index >= 15 is 0 Å². The zero-order valence-electron chi connectivity index (χ0n) is 7.72. The summed E-state index contributed by atoms with van der Waals surface area (Å²) in [4.78, 5) is 15.2. The lowest BCUT2D eigenvalue weighted by Crippen LogP contribution is -2.15. The number of aryl methyl sites for hydroxylation is 2. The Kier molecular flexibility index (Phi) is 2.42. The summed E-state index contributed by atoms with van der Waals surface area (Å²) in [5.41, 5.74) is 7.66. The van der Waals surface area contributed by atoms with Crippen molar-refractivity contribution >= 4 is 17.5 Å². The summed E-state index contributed by atoms with van der Waals surface area (Å²) < 4.78 is 0. The first-order valence-corrected chi connectivity index (χ1v) is 5.04. The number of amides is 1. The molecule has 3 nitrogen and oxygen atoms in total. The van der Waals surface area contributed by atoms with Gasteiger partial charge in [-0.2, -0.15) is 0 Å². The highest BCUT2D eigenvalue weighted by Gasteiger charge is 2.16. The van der Waals surface area contributed by atoms with E-state index in [-0.39, 0.29) is 5.15 Å². The minimum Gasteiger partial charge on any atom is -0.366 e. The van der Waals surface area contributed by atoms with Gasteiger partial charge in [0.25, 0.3) is 5.91 Å². The Hall–Kier alpha value is -1.09. The average Bonchev–Trinajstić information content (AvgIpc) is 2.16. The maximum absolute atomic E-state index is 11.0. The largest absolute Gasteiger partial charge is 0.366 e. The van der Waals surface area contributed by atoms with Crippen molar-refractivity contribution in [3.63, 3.8) is 0 Å². The lowest BCUT2D eigenvalue weighted by Gasteiger charge is -2.15. The number of nitrogens with two attached hydrogens (primary N) is 1. The van der Waals surface area contributed by atoms with Gasteiger partial charge in [0.2, 0.25) is 0 Å². The third-order valence-corrected chi connectivity index (χ3v) is 2.81. The molecule has 1 heterocycles. The SMILES string of the molecule is NC(=O)c1cc2c(nc1Cl)CCCC2. The van der Waals surface area contributed by atoms with E-state index in [1.807, 2.05) is 0 Å². The number of halogens is 1. The van der Waals surface area contributed by atoms with E-state index in [1.165, 1.54) is 0 Å². The molecule has 0 atom stereocenters. The zero-order chi connectivity index (χ0) is 10.1. The van der Waals surface area contributed by atoms with Gasteiger partial charge in [0.05, 0.1) is 5.56 Å². The van der Waals surface area contributed by atoms with Crippen molar-refractivity contribution in [2.75, 3.05) is 0 Å². The van der Waals surface area contributed by atoms with Crippen molar-refractivity contribution in [1.82, 2.24) is 4.98 Å². The number of primary amides is 1. The number of hydrogen-bond donors (Lipinski definition) is 1. The first-order valence-electron chi connectivity index (χ1n) is 4.66. The van der Waals surface area contributed by atoms with Gasteiger partial charge in [-0.25, -0.2) is 4.98 Å². The second-order valence-corrected chi connectivity index (χ2v) is 3.86. The van der Waals surface area contributed by atoms with E-state index in [0.717, 1.165) is 36.9 Å². The molecule has 2 N–H and O–H groups in total. The van der Waals surface area contributed by atoms with E-state index < -0.39 is 5.91 Å². The van der Waals surface area contributed by atoms with Crippen LogP contribution in [-0.4, -0.2) is 10.9 Å². The Labute approximate surface area is 87.3 Å². The van der Waals surface area contributed by atoms with Crippen molar-refractivity contribution in [1.29, 1.82) is 0 Å². The number of carbonyl (C=O) groups is 1. The second-order valence-electron chi connectivity index (χ2n) is 3.50. The number of pyridine rings is 1. The Morgan fingerprint density at radius 2 is 2.14 bits per heavy atom. The summed E-state index contributed by atoms with van der Waals surface area (Å²) in [7, 11) is 0. The van der Waals surface area contributed by atoms with Crippen LogP contribution >= 0.6 is 11.6 Å². The molecule has 0 aliphatic heterocycles. The summed E-state index contributed by atoms with van der Waals surface area (Å²) in [6.07, 6.45) is 4.22. The molecule has 74 valence electrons. The van der Waals surface area contributed by atoms with Crippen LogP contribution in [0, 0.1) is 0 Å². The van der Waals surface area contributed by atoms with E-state index in [2.05, 4.69) is 4.98 Å². The van der Waals surface area contributed by atoms with Crippen LogP contribution in [0.3, 0.4) is 0 Å². The van der Waals surface area contributed by atoms with Crippen molar-refractivity contribution in [3.8, 4) is 0 Å². The molecule has 4 heteroatoms. The molecular weight excluding hydrogens is 200 g/mol. The molecule has 0 radical (unpaired) electrons. The van der Waals surface area contributed by atoms with Gasteiger partial charge in [0.1, 0.15) is 5.15 Å². The van der Waals surface area contributed by atoms with Gasteiger partial charge in [0, 0.05) is 5.69 Å². The minimum atomic E-state index is -0.504. The standard InChI is InChI=1S/C10H11ClN2O/c11-9-7(10(12)14)5-6-3-1-2-4-8(6)13-9/h5H,1-4H2,(H2,12,14). The van der Waals surface area contributed by atoms with Crippen LogP contribution in [-0.2, 0) is 12.8 Å². The van der Waals surface area contributed by atoms with Gasteiger partial charge in [-0.05, 0) is 37.3 Å². The monoisotopic (exact) mass is 210 g/mol. The third kappa shape index (κ3) is 1.60. The van der Waals surface area contributed by atoms with Crippen molar-refractivity contribution < 1.29 is 4.79 Å². The summed E-state index contributed by atoms with van der Waals surface area (Å²) in [6.45, 7) is 0. The molecule has 0 fully saturated rings. The van der Waals surface area contributed by atoms with Gasteiger partial charge in [-0.15, -0.1) is 0 Å². The second kappa shape index (κ2) is 3.58. The van der Waals surface area contributed by atoms with Gasteiger partial charge in [-0.3, -0.25) is 4.79 Å². The Bertz CT molecular complexity index is 390.